The van der Waals surface area contributed by atoms with Crippen molar-refractivity contribution in [3.8, 4) is 5.69 Å². The minimum absolute atomic E-state index is 0.0304. The van der Waals surface area contributed by atoms with E-state index in [1.54, 1.807) is 16.9 Å². The first-order valence-electron chi connectivity index (χ1n) is 8.91. The lowest BCUT2D eigenvalue weighted by Gasteiger charge is -2.40. The standard InChI is InChI=1S/C21H20N4O2/c22-19(26)18-11-14-25(24-18)17-9-7-16(8-10-17)23-20(27)21(12-4-13-21)15-5-2-1-3-6-15/h1-3,5-11,14H,4,12-13H2,(H2,22,26)(H,23,27). The Morgan fingerprint density at radius 2 is 1.70 bits per heavy atom. The van der Waals surface area contributed by atoms with Gasteiger partial charge in [-0.15, -0.1) is 0 Å². The molecule has 27 heavy (non-hydrogen) atoms. The lowest BCUT2D eigenvalue weighted by molar-refractivity contribution is -0.124. The van der Waals surface area contributed by atoms with Gasteiger partial charge < -0.3 is 11.1 Å². The maximum atomic E-state index is 13.0. The molecule has 0 unspecified atom stereocenters. The first kappa shape index (κ1) is 17.0. The van der Waals surface area contributed by atoms with Crippen molar-refractivity contribution in [3.63, 3.8) is 0 Å². The van der Waals surface area contributed by atoms with Gasteiger partial charge in [0, 0.05) is 11.9 Å². The van der Waals surface area contributed by atoms with Gasteiger partial charge >= 0.3 is 0 Å². The summed E-state index contributed by atoms with van der Waals surface area (Å²) in [5.74, 6) is -0.535. The third-order valence-electron chi connectivity index (χ3n) is 5.20. The van der Waals surface area contributed by atoms with E-state index in [1.807, 2.05) is 54.6 Å². The first-order chi connectivity index (χ1) is 13.1. The second-order valence-corrected chi connectivity index (χ2v) is 6.81. The summed E-state index contributed by atoms with van der Waals surface area (Å²) in [5.41, 5.74) is 7.59. The average Bonchev–Trinajstić information content (AvgIpc) is 3.13. The summed E-state index contributed by atoms with van der Waals surface area (Å²) in [5, 5.41) is 7.17. The molecule has 136 valence electrons. The second-order valence-electron chi connectivity index (χ2n) is 6.81. The van der Waals surface area contributed by atoms with E-state index in [0.29, 0.717) is 0 Å². The first-order valence-corrected chi connectivity index (χ1v) is 8.91. The predicted octanol–water partition coefficient (Wildman–Crippen LogP) is 3.03. The van der Waals surface area contributed by atoms with Crippen LogP contribution in [0.4, 0.5) is 5.69 Å². The van der Waals surface area contributed by atoms with Crippen molar-refractivity contribution < 1.29 is 9.59 Å². The fraction of sp³-hybridized carbons (Fsp3) is 0.190. The number of amides is 2. The zero-order chi connectivity index (χ0) is 18.9. The Balaban J connectivity index is 1.51. The number of primary amides is 1. The van der Waals surface area contributed by atoms with Crippen LogP contribution in [-0.4, -0.2) is 21.6 Å². The summed E-state index contributed by atoms with van der Waals surface area (Å²) in [7, 11) is 0. The summed E-state index contributed by atoms with van der Waals surface area (Å²) in [4.78, 5) is 24.1. The Morgan fingerprint density at radius 1 is 1.00 bits per heavy atom. The topological polar surface area (TPSA) is 90.0 Å². The van der Waals surface area contributed by atoms with Crippen LogP contribution >= 0.6 is 0 Å². The van der Waals surface area contributed by atoms with Crippen molar-refractivity contribution in [3.05, 3.63) is 78.1 Å². The van der Waals surface area contributed by atoms with Crippen LogP contribution < -0.4 is 11.1 Å². The van der Waals surface area contributed by atoms with Gasteiger partial charge in [-0.3, -0.25) is 9.59 Å². The zero-order valence-electron chi connectivity index (χ0n) is 14.8. The van der Waals surface area contributed by atoms with E-state index in [0.717, 1.165) is 36.2 Å². The monoisotopic (exact) mass is 360 g/mol. The highest BCUT2D eigenvalue weighted by molar-refractivity contribution is 6.00. The normalized spacial score (nSPS) is 15.0. The summed E-state index contributed by atoms with van der Waals surface area (Å²) in [6, 6.07) is 18.9. The van der Waals surface area contributed by atoms with Gasteiger partial charge in [0.15, 0.2) is 0 Å². The quantitative estimate of drug-likeness (QED) is 0.733. The van der Waals surface area contributed by atoms with Gasteiger partial charge in [-0.05, 0) is 48.7 Å². The zero-order valence-corrected chi connectivity index (χ0v) is 14.8. The number of hydrogen-bond acceptors (Lipinski definition) is 3. The van der Waals surface area contributed by atoms with Crippen LogP contribution in [-0.2, 0) is 10.2 Å². The van der Waals surface area contributed by atoms with Crippen molar-refractivity contribution in [2.75, 3.05) is 5.32 Å². The van der Waals surface area contributed by atoms with E-state index in [4.69, 9.17) is 5.73 Å². The Kier molecular flexibility index (Phi) is 4.24. The van der Waals surface area contributed by atoms with E-state index in [-0.39, 0.29) is 11.6 Å². The van der Waals surface area contributed by atoms with E-state index >= 15 is 0 Å². The molecule has 4 rings (SSSR count). The predicted molar refractivity (Wildman–Crippen MR) is 103 cm³/mol. The molecule has 3 aromatic rings. The number of aromatic nitrogens is 2. The lowest BCUT2D eigenvalue weighted by Crippen LogP contribution is -2.45. The third kappa shape index (κ3) is 3.10. The lowest BCUT2D eigenvalue weighted by atomic mass is 9.64. The summed E-state index contributed by atoms with van der Waals surface area (Å²) >= 11 is 0. The number of hydrogen-bond donors (Lipinski definition) is 2. The van der Waals surface area contributed by atoms with Crippen molar-refractivity contribution >= 4 is 17.5 Å². The van der Waals surface area contributed by atoms with E-state index in [9.17, 15) is 9.59 Å². The second kappa shape index (κ2) is 6.72. The van der Waals surface area contributed by atoms with Crippen LogP contribution in [0.3, 0.4) is 0 Å². The van der Waals surface area contributed by atoms with E-state index < -0.39 is 11.3 Å². The Morgan fingerprint density at radius 3 is 2.26 bits per heavy atom. The fourth-order valence-corrected chi connectivity index (χ4v) is 3.48. The van der Waals surface area contributed by atoms with Gasteiger partial charge in [0.2, 0.25) is 5.91 Å². The minimum atomic E-state index is -0.565. The Labute approximate surface area is 157 Å². The van der Waals surface area contributed by atoms with Crippen molar-refractivity contribution in [1.82, 2.24) is 9.78 Å². The molecule has 0 aliphatic heterocycles. The highest BCUT2D eigenvalue weighted by atomic mass is 16.2. The van der Waals surface area contributed by atoms with Crippen LogP contribution in [0.15, 0.2) is 66.9 Å². The SMILES string of the molecule is NC(=O)c1ccn(-c2ccc(NC(=O)C3(c4ccccc4)CCC3)cc2)n1. The maximum Gasteiger partial charge on any atom is 0.269 e. The molecule has 6 nitrogen and oxygen atoms in total. The summed E-state index contributed by atoms with van der Waals surface area (Å²) in [6.07, 6.45) is 4.46. The van der Waals surface area contributed by atoms with Crippen LogP contribution in [0.25, 0.3) is 5.69 Å². The maximum absolute atomic E-state index is 13.0. The number of carbonyl (C=O) groups is 2. The van der Waals surface area contributed by atoms with Gasteiger partial charge in [0.1, 0.15) is 5.69 Å². The number of carbonyl (C=O) groups excluding carboxylic acids is 2. The van der Waals surface area contributed by atoms with Gasteiger partial charge in [0.25, 0.3) is 5.91 Å². The highest BCUT2D eigenvalue weighted by Gasteiger charge is 2.45. The molecule has 1 aliphatic carbocycles. The van der Waals surface area contributed by atoms with Crippen LogP contribution in [0.5, 0.6) is 0 Å². The smallest absolute Gasteiger partial charge is 0.269 e. The molecule has 2 amide bonds. The van der Waals surface area contributed by atoms with Crippen LogP contribution in [0.2, 0.25) is 0 Å². The molecule has 2 aromatic carbocycles. The molecule has 0 atom stereocenters. The van der Waals surface area contributed by atoms with Gasteiger partial charge in [0.05, 0.1) is 11.1 Å². The molecule has 1 saturated carbocycles. The highest BCUT2D eigenvalue weighted by Crippen LogP contribution is 2.44. The molecule has 3 N–H and O–H groups in total. The fourth-order valence-electron chi connectivity index (χ4n) is 3.48. The molecule has 1 heterocycles. The Bertz CT molecular complexity index is 973. The molecule has 1 aliphatic rings. The average molecular weight is 360 g/mol. The van der Waals surface area contributed by atoms with E-state index in [2.05, 4.69) is 10.4 Å². The van der Waals surface area contributed by atoms with Crippen molar-refractivity contribution in [2.45, 2.75) is 24.7 Å². The molecular weight excluding hydrogens is 340 g/mol. The van der Waals surface area contributed by atoms with Crippen molar-refractivity contribution in [1.29, 1.82) is 0 Å². The van der Waals surface area contributed by atoms with Gasteiger partial charge in [-0.1, -0.05) is 36.8 Å². The molecule has 0 bridgehead atoms. The molecular formula is C21H20N4O2. The number of nitrogens with one attached hydrogen (secondary N) is 1. The molecule has 1 fully saturated rings. The number of nitrogens with two attached hydrogens (primary N) is 1. The Hall–Kier alpha value is -3.41. The number of nitrogens with zero attached hydrogens (tertiary/aromatic N) is 2. The van der Waals surface area contributed by atoms with Gasteiger partial charge in [-0.2, -0.15) is 5.10 Å². The third-order valence-corrected chi connectivity index (χ3v) is 5.20. The largest absolute Gasteiger partial charge is 0.364 e. The number of benzene rings is 2. The van der Waals surface area contributed by atoms with Crippen molar-refractivity contribution in [2.24, 2.45) is 5.73 Å². The van der Waals surface area contributed by atoms with E-state index in [1.165, 1.54) is 0 Å². The molecule has 1 aromatic heterocycles. The minimum Gasteiger partial charge on any atom is -0.364 e. The molecule has 0 saturated heterocycles. The van der Waals surface area contributed by atoms with Gasteiger partial charge in [-0.25, -0.2) is 4.68 Å². The molecule has 6 heteroatoms. The molecule has 0 radical (unpaired) electrons. The van der Waals surface area contributed by atoms with Crippen LogP contribution in [0, 0.1) is 0 Å². The number of anilines is 1. The number of rotatable bonds is 5. The summed E-state index contributed by atoms with van der Waals surface area (Å²) < 4.78 is 1.57. The van der Waals surface area contributed by atoms with Crippen LogP contribution in [0.1, 0.15) is 35.3 Å². The summed E-state index contributed by atoms with van der Waals surface area (Å²) in [6.45, 7) is 0. The molecule has 0 spiro atoms.